The van der Waals surface area contributed by atoms with Crippen LogP contribution in [0.3, 0.4) is 0 Å². The second-order valence-corrected chi connectivity index (χ2v) is 6.50. The highest BCUT2D eigenvalue weighted by Crippen LogP contribution is 2.22. The van der Waals surface area contributed by atoms with Gasteiger partial charge in [0.1, 0.15) is 0 Å². The maximum absolute atomic E-state index is 12.1. The molecular formula is C19H16BrN3O3. The second-order valence-electron chi connectivity index (χ2n) is 5.65. The molecule has 1 atom stereocenters. The van der Waals surface area contributed by atoms with Gasteiger partial charge in [-0.3, -0.25) is 14.8 Å². The van der Waals surface area contributed by atoms with Gasteiger partial charge in [-0.25, -0.2) is 4.79 Å². The number of rotatable bonds is 5. The minimum absolute atomic E-state index is 0.215. The summed E-state index contributed by atoms with van der Waals surface area (Å²) in [7, 11) is 0. The molecule has 0 aliphatic heterocycles. The molecule has 0 spiro atoms. The van der Waals surface area contributed by atoms with Gasteiger partial charge in [0.2, 0.25) is 0 Å². The molecule has 2 aromatic carbocycles. The fourth-order valence-electron chi connectivity index (χ4n) is 2.49. The van der Waals surface area contributed by atoms with Crippen molar-refractivity contribution in [1.29, 1.82) is 0 Å². The molecule has 0 aliphatic carbocycles. The van der Waals surface area contributed by atoms with Gasteiger partial charge in [0.15, 0.2) is 6.61 Å². The first-order valence-electron chi connectivity index (χ1n) is 7.96. The third-order valence-electron chi connectivity index (χ3n) is 3.79. The highest BCUT2D eigenvalue weighted by molar-refractivity contribution is 9.10. The van der Waals surface area contributed by atoms with Crippen LogP contribution in [-0.2, 0) is 9.53 Å². The zero-order valence-electron chi connectivity index (χ0n) is 14.0. The van der Waals surface area contributed by atoms with Crippen LogP contribution in [-0.4, -0.2) is 28.5 Å². The molecule has 1 aromatic heterocycles. The summed E-state index contributed by atoms with van der Waals surface area (Å²) >= 11 is 3.45. The lowest BCUT2D eigenvalue weighted by atomic mass is 10.1. The highest BCUT2D eigenvalue weighted by Gasteiger charge is 2.15. The molecule has 0 saturated carbocycles. The van der Waals surface area contributed by atoms with E-state index in [9.17, 15) is 9.59 Å². The Morgan fingerprint density at radius 1 is 1.12 bits per heavy atom. The van der Waals surface area contributed by atoms with Crippen molar-refractivity contribution >= 4 is 38.8 Å². The number of nitrogens with zero attached hydrogens (tertiary/aromatic N) is 2. The third kappa shape index (κ3) is 4.23. The number of nitrogens with one attached hydrogen (secondary N) is 1. The van der Waals surface area contributed by atoms with Crippen LogP contribution in [0.2, 0.25) is 0 Å². The average Bonchev–Trinajstić information content (AvgIpc) is 2.66. The number of benzene rings is 2. The van der Waals surface area contributed by atoms with Crippen molar-refractivity contribution in [3.63, 3.8) is 0 Å². The van der Waals surface area contributed by atoms with Crippen LogP contribution >= 0.6 is 15.9 Å². The minimum Gasteiger partial charge on any atom is -0.452 e. The van der Waals surface area contributed by atoms with Crippen molar-refractivity contribution in [1.82, 2.24) is 15.3 Å². The summed E-state index contributed by atoms with van der Waals surface area (Å²) < 4.78 is 6.00. The lowest BCUT2D eigenvalue weighted by molar-refractivity contribution is -0.124. The van der Waals surface area contributed by atoms with E-state index >= 15 is 0 Å². The number of carbonyl (C=O) groups excluding carboxylic acids is 2. The largest absolute Gasteiger partial charge is 0.452 e. The van der Waals surface area contributed by atoms with Crippen molar-refractivity contribution in [3.8, 4) is 0 Å². The Kier molecular flexibility index (Phi) is 5.58. The Morgan fingerprint density at radius 3 is 2.62 bits per heavy atom. The van der Waals surface area contributed by atoms with Crippen LogP contribution in [0, 0.1) is 0 Å². The Morgan fingerprint density at radius 2 is 1.85 bits per heavy atom. The third-order valence-corrected chi connectivity index (χ3v) is 4.51. The van der Waals surface area contributed by atoms with Crippen LogP contribution in [0.1, 0.15) is 28.9 Å². The van der Waals surface area contributed by atoms with E-state index in [-0.39, 0.29) is 18.6 Å². The van der Waals surface area contributed by atoms with Crippen molar-refractivity contribution in [3.05, 3.63) is 70.5 Å². The summed E-state index contributed by atoms with van der Waals surface area (Å²) in [5, 5.41) is 2.80. The number of hydrogen-bond donors (Lipinski definition) is 1. The topological polar surface area (TPSA) is 81.2 Å². The normalized spacial score (nSPS) is 11.8. The summed E-state index contributed by atoms with van der Waals surface area (Å²) in [6.07, 6.45) is 3.13. The molecule has 6 nitrogen and oxygen atoms in total. The van der Waals surface area contributed by atoms with Crippen LogP contribution in [0.15, 0.2) is 59.3 Å². The molecule has 132 valence electrons. The van der Waals surface area contributed by atoms with Gasteiger partial charge in [-0.1, -0.05) is 34.1 Å². The van der Waals surface area contributed by atoms with Crippen LogP contribution in [0.4, 0.5) is 0 Å². The lowest BCUT2D eigenvalue weighted by Gasteiger charge is -2.15. The van der Waals surface area contributed by atoms with Crippen molar-refractivity contribution in [2.75, 3.05) is 6.61 Å². The fourth-order valence-corrected chi connectivity index (χ4v) is 3.12. The molecule has 0 fully saturated rings. The van der Waals surface area contributed by atoms with Gasteiger partial charge >= 0.3 is 5.97 Å². The second kappa shape index (κ2) is 8.05. The molecule has 3 aromatic rings. The first-order chi connectivity index (χ1) is 12.5. The standard InChI is InChI=1S/C19H16BrN3O3/c1-12(14-4-2-3-5-15(14)20)23-18(24)11-26-19(25)13-6-7-16-17(10-13)22-9-8-21-16/h2-10,12H,11H2,1H3,(H,23,24)/t12-/m0/s1. The zero-order valence-corrected chi connectivity index (χ0v) is 15.6. The maximum atomic E-state index is 12.1. The Bertz CT molecular complexity index is 961. The average molecular weight is 414 g/mol. The highest BCUT2D eigenvalue weighted by atomic mass is 79.9. The van der Waals surface area contributed by atoms with Gasteiger partial charge in [-0.05, 0) is 36.8 Å². The van der Waals surface area contributed by atoms with Crippen molar-refractivity contribution in [2.45, 2.75) is 13.0 Å². The molecule has 0 saturated heterocycles. The molecule has 1 N–H and O–H groups in total. The van der Waals surface area contributed by atoms with Gasteiger partial charge in [0, 0.05) is 16.9 Å². The Hall–Kier alpha value is -2.80. The molecule has 7 heteroatoms. The number of esters is 1. The molecule has 3 rings (SSSR count). The summed E-state index contributed by atoms with van der Waals surface area (Å²) in [4.78, 5) is 32.5. The summed E-state index contributed by atoms with van der Waals surface area (Å²) in [5.41, 5.74) is 2.54. The van der Waals surface area contributed by atoms with E-state index in [1.165, 1.54) is 0 Å². The van der Waals surface area contributed by atoms with E-state index in [0.717, 1.165) is 10.0 Å². The van der Waals surface area contributed by atoms with Gasteiger partial charge < -0.3 is 10.1 Å². The first-order valence-corrected chi connectivity index (χ1v) is 8.75. The summed E-state index contributed by atoms with van der Waals surface area (Å²) in [5.74, 6) is -0.955. The van der Waals surface area contributed by atoms with Crippen LogP contribution < -0.4 is 5.32 Å². The predicted molar refractivity (Wildman–Crippen MR) is 101 cm³/mol. The molecule has 0 radical (unpaired) electrons. The van der Waals surface area contributed by atoms with E-state index in [2.05, 4.69) is 31.2 Å². The molecular weight excluding hydrogens is 398 g/mol. The van der Waals surface area contributed by atoms with Gasteiger partial charge in [-0.15, -0.1) is 0 Å². The SMILES string of the molecule is C[C@H](NC(=O)COC(=O)c1ccc2nccnc2c1)c1ccccc1Br. The van der Waals surface area contributed by atoms with E-state index in [1.54, 1.807) is 30.6 Å². The van der Waals surface area contributed by atoms with Crippen molar-refractivity contribution < 1.29 is 14.3 Å². The fraction of sp³-hybridized carbons (Fsp3) is 0.158. The number of amides is 1. The van der Waals surface area contributed by atoms with E-state index in [4.69, 9.17) is 4.74 Å². The summed E-state index contributed by atoms with van der Waals surface area (Å²) in [6.45, 7) is 1.51. The van der Waals surface area contributed by atoms with Gasteiger partial charge in [0.05, 0.1) is 22.6 Å². The Labute approximate surface area is 158 Å². The molecule has 0 unspecified atom stereocenters. The maximum Gasteiger partial charge on any atom is 0.338 e. The quantitative estimate of drug-likeness (QED) is 0.647. The molecule has 1 heterocycles. The van der Waals surface area contributed by atoms with Gasteiger partial charge in [-0.2, -0.15) is 0 Å². The van der Waals surface area contributed by atoms with Crippen LogP contribution in [0.5, 0.6) is 0 Å². The monoisotopic (exact) mass is 413 g/mol. The van der Waals surface area contributed by atoms with E-state index < -0.39 is 5.97 Å². The van der Waals surface area contributed by atoms with Crippen molar-refractivity contribution in [2.24, 2.45) is 0 Å². The lowest BCUT2D eigenvalue weighted by Crippen LogP contribution is -2.31. The van der Waals surface area contributed by atoms with Gasteiger partial charge in [0.25, 0.3) is 5.91 Å². The Balaban J connectivity index is 1.58. The zero-order chi connectivity index (χ0) is 18.5. The number of ether oxygens (including phenoxy) is 1. The molecule has 26 heavy (non-hydrogen) atoms. The van der Waals surface area contributed by atoms with Crippen LogP contribution in [0.25, 0.3) is 11.0 Å². The van der Waals surface area contributed by atoms with E-state index in [0.29, 0.717) is 16.6 Å². The number of fused-ring (bicyclic) bond motifs is 1. The number of carbonyl (C=O) groups is 2. The minimum atomic E-state index is -0.582. The predicted octanol–water partition coefficient (Wildman–Crippen LogP) is 3.43. The first kappa shape index (κ1) is 18.0. The summed E-state index contributed by atoms with van der Waals surface area (Å²) in [6, 6.07) is 12.3. The molecule has 0 bridgehead atoms. The molecule has 1 amide bonds. The smallest absolute Gasteiger partial charge is 0.338 e. The number of aromatic nitrogens is 2. The molecule has 0 aliphatic rings. The number of halogens is 1. The van der Waals surface area contributed by atoms with E-state index in [1.807, 2.05) is 31.2 Å². The number of hydrogen-bond acceptors (Lipinski definition) is 5.